The van der Waals surface area contributed by atoms with Gasteiger partial charge in [0.1, 0.15) is 11.6 Å². The van der Waals surface area contributed by atoms with Crippen LogP contribution in [0, 0.1) is 17.5 Å². The number of nitrogen functional groups attached to an aromatic ring is 1. The van der Waals surface area contributed by atoms with Gasteiger partial charge in [-0.3, -0.25) is 4.79 Å². The van der Waals surface area contributed by atoms with Gasteiger partial charge in [-0.1, -0.05) is 0 Å². The molecule has 1 atom stereocenters. The second-order valence-corrected chi connectivity index (χ2v) is 6.76. The lowest BCUT2D eigenvalue weighted by Gasteiger charge is -2.30. The van der Waals surface area contributed by atoms with Crippen LogP contribution in [0.5, 0.6) is 0 Å². The van der Waals surface area contributed by atoms with Crippen molar-refractivity contribution in [2.75, 3.05) is 12.3 Å². The molecule has 0 spiro atoms. The minimum Gasteiger partial charge on any atom is -0.382 e. The van der Waals surface area contributed by atoms with Crippen molar-refractivity contribution in [2.24, 2.45) is 5.73 Å². The summed E-state index contributed by atoms with van der Waals surface area (Å²) >= 11 is 0. The van der Waals surface area contributed by atoms with E-state index < -0.39 is 41.4 Å². The quantitative estimate of drug-likeness (QED) is 0.505. The molecule has 6 nitrogen and oxygen atoms in total. The molecule has 2 aromatic rings. The van der Waals surface area contributed by atoms with Crippen LogP contribution in [0.25, 0.3) is 0 Å². The second kappa shape index (κ2) is 9.96. The lowest BCUT2D eigenvalue weighted by Crippen LogP contribution is -2.42. The average Bonchev–Trinajstić information content (AvgIpc) is 2.96. The zero-order chi connectivity index (χ0) is 21.5. The Kier molecular flexibility index (Phi) is 8.63. The number of fused-ring (bicyclic) bond motifs is 1. The lowest BCUT2D eigenvalue weighted by molar-refractivity contribution is -0.148. The van der Waals surface area contributed by atoms with Crippen molar-refractivity contribution < 1.29 is 31.1 Å². The molecule has 0 aliphatic carbocycles. The third-order valence-electron chi connectivity index (χ3n) is 4.65. The van der Waals surface area contributed by atoms with Gasteiger partial charge in [-0.25, -0.2) is 18.2 Å². The van der Waals surface area contributed by atoms with Gasteiger partial charge >= 0.3 is 6.18 Å². The number of aromatic nitrogens is 2. The third-order valence-corrected chi connectivity index (χ3v) is 4.65. The Labute approximate surface area is 185 Å². The highest BCUT2D eigenvalue weighted by atomic mass is 35.5. The van der Waals surface area contributed by atoms with Crippen molar-refractivity contribution in [1.82, 2.24) is 14.5 Å². The van der Waals surface area contributed by atoms with Crippen molar-refractivity contribution in [2.45, 2.75) is 38.1 Å². The summed E-state index contributed by atoms with van der Waals surface area (Å²) in [6.07, 6.45) is -5.16. The van der Waals surface area contributed by atoms with Crippen molar-refractivity contribution in [1.29, 1.82) is 0 Å². The smallest absolute Gasteiger partial charge is 0.382 e. The maximum absolute atomic E-state index is 13.7. The maximum atomic E-state index is 13.7. The number of amides is 1. The molecular formula is C17H19Cl2F6N5O. The fraction of sp³-hybridized carbons (Fsp3) is 0.412. The molecule has 1 aliphatic rings. The Hall–Kier alpha value is -2.18. The Morgan fingerprint density at radius 1 is 1.10 bits per heavy atom. The van der Waals surface area contributed by atoms with Gasteiger partial charge in [0.2, 0.25) is 11.7 Å². The lowest BCUT2D eigenvalue weighted by atomic mass is 10.0. The van der Waals surface area contributed by atoms with Gasteiger partial charge in [0.15, 0.2) is 11.6 Å². The van der Waals surface area contributed by atoms with Crippen molar-refractivity contribution in [3.63, 3.8) is 0 Å². The number of imidazole rings is 1. The first kappa shape index (κ1) is 26.9. The van der Waals surface area contributed by atoms with E-state index in [4.69, 9.17) is 11.5 Å². The highest BCUT2D eigenvalue weighted by molar-refractivity contribution is 5.85. The van der Waals surface area contributed by atoms with Crippen molar-refractivity contribution >= 4 is 36.5 Å². The number of hydrogen-bond donors (Lipinski definition) is 2. The first-order valence-electron chi connectivity index (χ1n) is 8.56. The number of carbonyl (C=O) groups excluding carboxylic acids is 1. The summed E-state index contributed by atoms with van der Waals surface area (Å²) in [5, 5.41) is 0. The molecule has 1 aliphatic heterocycles. The van der Waals surface area contributed by atoms with Crippen LogP contribution in [0.15, 0.2) is 12.1 Å². The maximum Gasteiger partial charge on any atom is 0.449 e. The van der Waals surface area contributed by atoms with Crippen LogP contribution in [0.2, 0.25) is 0 Å². The average molecular weight is 494 g/mol. The van der Waals surface area contributed by atoms with Crippen molar-refractivity contribution in [3.8, 4) is 0 Å². The molecular weight excluding hydrogens is 475 g/mol. The molecule has 2 heterocycles. The minimum atomic E-state index is -4.67. The second-order valence-electron chi connectivity index (χ2n) is 6.76. The van der Waals surface area contributed by atoms with Crippen LogP contribution in [-0.4, -0.2) is 32.9 Å². The molecule has 0 fully saturated rings. The molecule has 0 radical (unpaired) electrons. The number of halogens is 8. The van der Waals surface area contributed by atoms with Crippen LogP contribution in [-0.2, 0) is 30.5 Å². The number of carbonyl (C=O) groups is 1. The number of nitrogens with two attached hydrogens (primary N) is 2. The first-order valence-corrected chi connectivity index (χ1v) is 8.56. The van der Waals surface area contributed by atoms with E-state index in [1.807, 2.05) is 0 Å². The predicted molar refractivity (Wildman–Crippen MR) is 104 cm³/mol. The Balaban J connectivity index is 0.00000240. The van der Waals surface area contributed by atoms with Crippen LogP contribution in [0.3, 0.4) is 0 Å². The van der Waals surface area contributed by atoms with E-state index in [0.29, 0.717) is 12.1 Å². The summed E-state index contributed by atoms with van der Waals surface area (Å²) < 4.78 is 79.9. The highest BCUT2D eigenvalue weighted by Gasteiger charge is 2.40. The Bertz CT molecular complexity index is 952. The molecule has 1 amide bonds. The molecule has 31 heavy (non-hydrogen) atoms. The fourth-order valence-corrected chi connectivity index (χ4v) is 3.25. The van der Waals surface area contributed by atoms with Crippen LogP contribution in [0.4, 0.5) is 32.2 Å². The van der Waals surface area contributed by atoms with E-state index in [1.54, 1.807) is 0 Å². The number of rotatable bonds is 4. The molecule has 0 unspecified atom stereocenters. The van der Waals surface area contributed by atoms with E-state index in [1.165, 1.54) is 4.90 Å². The fourth-order valence-electron chi connectivity index (χ4n) is 3.25. The number of hydrogen-bond acceptors (Lipinski definition) is 4. The van der Waals surface area contributed by atoms with Crippen LogP contribution >= 0.6 is 24.8 Å². The third kappa shape index (κ3) is 5.74. The summed E-state index contributed by atoms with van der Waals surface area (Å²) in [7, 11) is 0. The Morgan fingerprint density at radius 2 is 1.71 bits per heavy atom. The normalized spacial score (nSPS) is 14.4. The highest BCUT2D eigenvalue weighted by Crippen LogP contribution is 2.33. The summed E-state index contributed by atoms with van der Waals surface area (Å²) in [5.41, 5.74) is 11.3. The van der Waals surface area contributed by atoms with Crippen molar-refractivity contribution in [3.05, 3.63) is 46.7 Å². The number of alkyl halides is 3. The summed E-state index contributed by atoms with van der Waals surface area (Å²) in [6, 6.07) is 0.164. The zero-order valence-electron chi connectivity index (χ0n) is 15.8. The largest absolute Gasteiger partial charge is 0.449 e. The predicted octanol–water partition coefficient (Wildman–Crippen LogP) is 3.05. The summed E-state index contributed by atoms with van der Waals surface area (Å²) in [4.78, 5) is 17.1. The molecule has 0 saturated heterocycles. The van der Waals surface area contributed by atoms with E-state index in [2.05, 4.69) is 4.98 Å². The molecule has 0 saturated carbocycles. The topological polar surface area (TPSA) is 90.2 Å². The first-order chi connectivity index (χ1) is 13.5. The van der Waals surface area contributed by atoms with Gasteiger partial charge in [-0.05, 0) is 18.1 Å². The molecule has 174 valence electrons. The molecule has 0 bridgehead atoms. The molecule has 1 aromatic heterocycles. The number of nitrogens with zero attached hydrogens (tertiary/aromatic N) is 3. The number of benzene rings is 1. The molecule has 3 rings (SSSR count). The molecule has 1 aromatic carbocycles. The molecule has 14 heteroatoms. The monoisotopic (exact) mass is 493 g/mol. The van der Waals surface area contributed by atoms with Gasteiger partial charge in [-0.2, -0.15) is 13.2 Å². The summed E-state index contributed by atoms with van der Waals surface area (Å²) in [6.45, 7) is -0.343. The minimum absolute atomic E-state index is 0. The van der Waals surface area contributed by atoms with E-state index in [-0.39, 0.29) is 74.4 Å². The SMILES string of the molecule is Cl.Cl.Nc1nc(C(F)(F)F)n2c1CN(C(=O)C[C@H](N)Cc1cc(F)c(F)cc1F)CC2. The Morgan fingerprint density at radius 3 is 2.32 bits per heavy atom. The standard InChI is InChI=1S/C17H17F6N5O.2ClH/c18-10-6-12(20)11(19)4-8(10)3-9(24)5-14(29)27-1-2-28-13(7-27)15(25)26-16(28)17(21,22)23;;/h4,6,9H,1-3,5,7,24-25H2;2*1H/t9-;;/m1../s1. The van der Waals surface area contributed by atoms with E-state index in [9.17, 15) is 31.1 Å². The van der Waals surface area contributed by atoms with Crippen LogP contribution < -0.4 is 11.5 Å². The van der Waals surface area contributed by atoms with E-state index >= 15 is 0 Å². The van der Waals surface area contributed by atoms with Gasteiger partial charge < -0.3 is 20.9 Å². The summed E-state index contributed by atoms with van der Waals surface area (Å²) in [5.74, 6) is -5.48. The zero-order valence-corrected chi connectivity index (χ0v) is 17.4. The van der Waals surface area contributed by atoms with E-state index in [0.717, 1.165) is 4.57 Å². The number of anilines is 1. The molecule has 4 N–H and O–H groups in total. The van der Waals surface area contributed by atoms with Gasteiger partial charge in [0, 0.05) is 31.6 Å². The van der Waals surface area contributed by atoms with Gasteiger partial charge in [0.05, 0.1) is 12.2 Å². The van der Waals surface area contributed by atoms with Crippen LogP contribution in [0.1, 0.15) is 23.5 Å². The van der Waals surface area contributed by atoms with Gasteiger partial charge in [-0.15, -0.1) is 24.8 Å². The van der Waals surface area contributed by atoms with Gasteiger partial charge in [0.25, 0.3) is 0 Å².